The van der Waals surface area contributed by atoms with E-state index < -0.39 is 23.7 Å². The number of anilines is 1. The lowest BCUT2D eigenvalue weighted by atomic mass is 9.78. The van der Waals surface area contributed by atoms with Gasteiger partial charge in [-0.2, -0.15) is 13.2 Å². The molecule has 0 N–H and O–H groups in total. The van der Waals surface area contributed by atoms with Crippen molar-refractivity contribution in [2.24, 2.45) is 0 Å². The maximum atomic E-state index is 14.4. The summed E-state index contributed by atoms with van der Waals surface area (Å²) in [7, 11) is 1.59. The Morgan fingerprint density at radius 3 is 2.33 bits per heavy atom. The summed E-state index contributed by atoms with van der Waals surface area (Å²) in [4.78, 5) is 33.7. The third-order valence-electron chi connectivity index (χ3n) is 8.15. The van der Waals surface area contributed by atoms with Crippen LogP contribution in [-0.2, 0) is 11.0 Å². The van der Waals surface area contributed by atoms with Crippen molar-refractivity contribution in [2.75, 3.05) is 38.2 Å². The smallest absolute Gasteiger partial charge is 0.416 e. The van der Waals surface area contributed by atoms with Crippen LogP contribution in [-0.4, -0.2) is 60.9 Å². The number of methoxy groups -OCH3 is 1. The highest BCUT2D eigenvalue weighted by Crippen LogP contribution is 2.48. The van der Waals surface area contributed by atoms with Gasteiger partial charge in [0.15, 0.2) is 0 Å². The molecule has 2 fully saturated rings. The van der Waals surface area contributed by atoms with E-state index in [1.807, 2.05) is 52.3 Å². The number of carbonyl (C=O) groups is 2. The van der Waals surface area contributed by atoms with Crippen molar-refractivity contribution in [1.29, 1.82) is 0 Å². The molecule has 0 aromatic heterocycles. The molecule has 9 heteroatoms. The van der Waals surface area contributed by atoms with Gasteiger partial charge in [-0.05, 0) is 60.4 Å². The minimum Gasteiger partial charge on any atom is -0.497 e. The molecule has 2 amide bonds. The van der Waals surface area contributed by atoms with Crippen LogP contribution in [0.4, 0.5) is 18.9 Å². The first kappa shape index (κ1) is 26.2. The van der Waals surface area contributed by atoms with Gasteiger partial charge < -0.3 is 19.4 Å². The van der Waals surface area contributed by atoms with Crippen LogP contribution in [0.5, 0.6) is 5.75 Å². The minimum absolute atomic E-state index is 0.0654. The number of halogens is 3. The van der Waals surface area contributed by atoms with Crippen LogP contribution in [0, 0.1) is 0 Å². The van der Waals surface area contributed by atoms with Crippen LogP contribution in [0.2, 0.25) is 0 Å². The molecule has 0 unspecified atom stereocenters. The van der Waals surface area contributed by atoms with Crippen molar-refractivity contribution in [3.63, 3.8) is 0 Å². The van der Waals surface area contributed by atoms with Gasteiger partial charge in [-0.3, -0.25) is 9.59 Å². The monoisotopic (exact) mass is 549 g/mol. The van der Waals surface area contributed by atoms with E-state index in [9.17, 15) is 22.8 Å². The summed E-state index contributed by atoms with van der Waals surface area (Å²) in [6.07, 6.45) is -2.63. The van der Waals surface area contributed by atoms with Crippen LogP contribution in [0.3, 0.4) is 0 Å². The molecule has 1 saturated heterocycles. The van der Waals surface area contributed by atoms with Gasteiger partial charge in [0.1, 0.15) is 5.75 Å². The lowest BCUT2D eigenvalue weighted by Gasteiger charge is -2.45. The van der Waals surface area contributed by atoms with Gasteiger partial charge in [0.25, 0.3) is 5.91 Å². The van der Waals surface area contributed by atoms with Crippen LogP contribution in [0.1, 0.15) is 51.8 Å². The fourth-order valence-electron chi connectivity index (χ4n) is 6.01. The van der Waals surface area contributed by atoms with Crippen LogP contribution >= 0.6 is 0 Å². The van der Waals surface area contributed by atoms with Crippen LogP contribution in [0.15, 0.2) is 72.8 Å². The van der Waals surface area contributed by atoms with Crippen molar-refractivity contribution < 1.29 is 27.5 Å². The number of hydrogen-bond acceptors (Lipinski definition) is 4. The van der Waals surface area contributed by atoms with E-state index in [-0.39, 0.29) is 17.9 Å². The quantitative estimate of drug-likeness (QED) is 0.422. The molecular weight excluding hydrogens is 519 g/mol. The molecule has 6 nitrogen and oxygen atoms in total. The Labute approximate surface area is 230 Å². The number of benzene rings is 3. The normalized spacial score (nSPS) is 21.3. The number of hydrogen-bond donors (Lipinski definition) is 0. The highest BCUT2D eigenvalue weighted by molar-refractivity contribution is 6.01. The fraction of sp³-hybridized carbons (Fsp3) is 0.355. The number of carbonyl (C=O) groups excluding carboxylic acids is 2. The number of rotatable bonds is 5. The number of fused-ring (bicyclic) bond motifs is 1. The predicted octanol–water partition coefficient (Wildman–Crippen LogP) is 5.51. The first-order chi connectivity index (χ1) is 19.3. The highest BCUT2D eigenvalue weighted by Gasteiger charge is 2.50. The number of nitrogens with zero attached hydrogens (tertiary/aromatic N) is 3. The topological polar surface area (TPSA) is 53.1 Å². The van der Waals surface area contributed by atoms with E-state index >= 15 is 0 Å². The van der Waals surface area contributed by atoms with E-state index in [2.05, 4.69) is 0 Å². The third-order valence-corrected chi connectivity index (χ3v) is 8.15. The second kappa shape index (κ2) is 10.2. The Bertz CT molecular complexity index is 1430. The average molecular weight is 550 g/mol. The Morgan fingerprint density at radius 2 is 1.62 bits per heavy atom. The third kappa shape index (κ3) is 4.78. The molecule has 0 bridgehead atoms. The van der Waals surface area contributed by atoms with Gasteiger partial charge in [-0.15, -0.1) is 0 Å². The van der Waals surface area contributed by atoms with E-state index in [4.69, 9.17) is 4.74 Å². The average Bonchev–Trinajstić information content (AvgIpc) is 3.82. The first-order valence-electron chi connectivity index (χ1n) is 13.5. The molecule has 2 heterocycles. The Hall–Kier alpha value is -4.01. The summed E-state index contributed by atoms with van der Waals surface area (Å²) in [6.45, 7) is 1.57. The summed E-state index contributed by atoms with van der Waals surface area (Å²) < 4.78 is 45.3. The molecule has 3 aromatic rings. The van der Waals surface area contributed by atoms with Gasteiger partial charge in [0.05, 0.1) is 24.6 Å². The number of amides is 2. The van der Waals surface area contributed by atoms with Crippen LogP contribution in [0.25, 0.3) is 0 Å². The number of piperazine rings is 1. The summed E-state index contributed by atoms with van der Waals surface area (Å²) in [6, 6.07) is 19.8. The number of alkyl halides is 3. The van der Waals surface area contributed by atoms with Gasteiger partial charge in [-0.25, -0.2) is 0 Å². The fourth-order valence-corrected chi connectivity index (χ4v) is 6.01. The summed E-state index contributed by atoms with van der Waals surface area (Å²) in [5.74, 6) is -0.103. The van der Waals surface area contributed by atoms with Gasteiger partial charge in [0.2, 0.25) is 5.91 Å². The second-order valence-electron chi connectivity index (χ2n) is 10.6. The molecule has 2 atom stereocenters. The molecule has 2 aliphatic heterocycles. The molecule has 3 aromatic carbocycles. The SMILES string of the molecule is COc1cccc([C@@H]2[C@H](C(=O)N3CCN(c4cccc(C(F)(F)F)c4)CC3)c3ccccc3C(=O)N2C2CC2)c1. The molecule has 3 aliphatic rings. The van der Waals surface area contributed by atoms with E-state index in [1.54, 1.807) is 24.1 Å². The lowest BCUT2D eigenvalue weighted by molar-refractivity contribution is -0.137. The standard InChI is InChI=1S/C31H30F3N3O3/c1-40-24-9-4-6-20(18-24)28-27(25-10-2-3-11-26(25)29(38)37(28)22-12-13-22)30(39)36-16-14-35(15-17-36)23-8-5-7-21(19-23)31(32,33)34/h2-11,18-19,22,27-28H,12-17H2,1H3/t27-,28-/m1/s1. The maximum absolute atomic E-state index is 14.4. The molecular formula is C31H30F3N3O3. The predicted molar refractivity (Wildman–Crippen MR) is 144 cm³/mol. The summed E-state index contributed by atoms with van der Waals surface area (Å²) in [5, 5.41) is 0. The molecule has 1 aliphatic carbocycles. The van der Waals surface area contributed by atoms with E-state index in [0.717, 1.165) is 30.5 Å². The molecule has 40 heavy (non-hydrogen) atoms. The van der Waals surface area contributed by atoms with E-state index in [0.29, 0.717) is 48.7 Å². The lowest BCUT2D eigenvalue weighted by Crippen LogP contribution is -2.53. The second-order valence-corrected chi connectivity index (χ2v) is 10.6. The van der Waals surface area contributed by atoms with Gasteiger partial charge in [-0.1, -0.05) is 36.4 Å². The van der Waals surface area contributed by atoms with Crippen molar-refractivity contribution in [3.05, 3.63) is 95.1 Å². The Kier molecular flexibility index (Phi) is 6.68. The summed E-state index contributed by atoms with van der Waals surface area (Å²) >= 11 is 0. The zero-order valence-corrected chi connectivity index (χ0v) is 22.1. The van der Waals surface area contributed by atoms with Crippen molar-refractivity contribution in [2.45, 2.75) is 37.0 Å². The van der Waals surface area contributed by atoms with Crippen molar-refractivity contribution in [1.82, 2.24) is 9.80 Å². The van der Waals surface area contributed by atoms with Gasteiger partial charge in [0, 0.05) is 43.5 Å². The Balaban J connectivity index is 1.32. The zero-order valence-electron chi connectivity index (χ0n) is 22.1. The van der Waals surface area contributed by atoms with Crippen molar-refractivity contribution in [3.8, 4) is 5.75 Å². The van der Waals surface area contributed by atoms with Crippen LogP contribution < -0.4 is 9.64 Å². The van der Waals surface area contributed by atoms with E-state index in [1.165, 1.54) is 6.07 Å². The maximum Gasteiger partial charge on any atom is 0.416 e. The van der Waals surface area contributed by atoms with Gasteiger partial charge >= 0.3 is 6.18 Å². The zero-order chi connectivity index (χ0) is 28.0. The molecule has 0 spiro atoms. The summed E-state index contributed by atoms with van der Waals surface area (Å²) in [5.41, 5.74) is 1.91. The molecule has 6 rings (SSSR count). The molecule has 1 saturated carbocycles. The highest BCUT2D eigenvalue weighted by atomic mass is 19.4. The largest absolute Gasteiger partial charge is 0.497 e. The first-order valence-corrected chi connectivity index (χ1v) is 13.5. The minimum atomic E-state index is -4.41. The molecule has 208 valence electrons. The molecule has 0 radical (unpaired) electrons. The Morgan fingerprint density at radius 1 is 0.900 bits per heavy atom. The number of ether oxygens (including phenoxy) is 1. The van der Waals surface area contributed by atoms with Crippen molar-refractivity contribution >= 4 is 17.5 Å².